The van der Waals surface area contributed by atoms with Crippen LogP contribution in [-0.4, -0.2) is 36.3 Å². The van der Waals surface area contributed by atoms with Gasteiger partial charge in [0.05, 0.1) is 5.56 Å². The summed E-state index contributed by atoms with van der Waals surface area (Å²) >= 11 is 0. The first-order chi connectivity index (χ1) is 9.51. The first-order valence-corrected chi connectivity index (χ1v) is 6.57. The van der Waals surface area contributed by atoms with Crippen molar-refractivity contribution in [2.24, 2.45) is 11.7 Å². The van der Waals surface area contributed by atoms with Gasteiger partial charge in [-0.2, -0.15) is 0 Å². The van der Waals surface area contributed by atoms with Gasteiger partial charge in [0.1, 0.15) is 5.82 Å². The number of hydrogen-bond donors (Lipinski definition) is 2. The van der Waals surface area contributed by atoms with E-state index in [0.717, 1.165) is 6.42 Å². The Morgan fingerprint density at radius 3 is 2.76 bits per heavy atom. The van der Waals surface area contributed by atoms with E-state index in [4.69, 9.17) is 5.73 Å². The van der Waals surface area contributed by atoms with Crippen LogP contribution in [0.1, 0.15) is 23.7 Å². The van der Waals surface area contributed by atoms with Gasteiger partial charge in [0.15, 0.2) is 0 Å². The molecule has 0 aliphatic carbocycles. The van der Waals surface area contributed by atoms with E-state index < -0.39 is 5.82 Å². The second kappa shape index (κ2) is 7.38. The Bertz CT molecular complexity index is 539. The molecule has 0 aromatic heterocycles. The Morgan fingerprint density at radius 1 is 1.48 bits per heavy atom. The number of amides is 2. The number of anilines is 1. The normalized spacial score (nSPS) is 17.3. The molecule has 1 fully saturated rings. The van der Waals surface area contributed by atoms with Crippen LogP contribution < -0.4 is 11.1 Å². The monoisotopic (exact) mass is 315 g/mol. The van der Waals surface area contributed by atoms with Crippen LogP contribution >= 0.6 is 12.4 Å². The molecule has 1 unspecified atom stereocenters. The molecule has 1 aromatic carbocycles. The van der Waals surface area contributed by atoms with Gasteiger partial charge >= 0.3 is 0 Å². The molecular weight excluding hydrogens is 297 g/mol. The maximum Gasteiger partial charge on any atom is 0.256 e. The van der Waals surface area contributed by atoms with Crippen LogP contribution in [0.3, 0.4) is 0 Å². The Balaban J connectivity index is 0.00000220. The quantitative estimate of drug-likeness (QED) is 0.890. The van der Waals surface area contributed by atoms with Crippen molar-refractivity contribution in [1.29, 1.82) is 0 Å². The van der Waals surface area contributed by atoms with Gasteiger partial charge < -0.3 is 16.0 Å². The summed E-state index contributed by atoms with van der Waals surface area (Å²) in [6.07, 6.45) is 0.843. The Morgan fingerprint density at radius 2 is 2.19 bits per heavy atom. The van der Waals surface area contributed by atoms with Crippen molar-refractivity contribution in [3.05, 3.63) is 29.6 Å². The van der Waals surface area contributed by atoms with Crippen molar-refractivity contribution in [3.8, 4) is 0 Å². The lowest BCUT2D eigenvalue weighted by atomic mass is 10.1. The van der Waals surface area contributed by atoms with E-state index in [9.17, 15) is 14.0 Å². The van der Waals surface area contributed by atoms with E-state index in [2.05, 4.69) is 5.32 Å². The summed E-state index contributed by atoms with van der Waals surface area (Å²) in [4.78, 5) is 24.9. The number of benzene rings is 1. The number of carbonyl (C=O) groups is 2. The van der Waals surface area contributed by atoms with E-state index in [-0.39, 0.29) is 35.7 Å². The maximum absolute atomic E-state index is 13.8. The zero-order chi connectivity index (χ0) is 14.7. The molecular formula is C14H19ClFN3O2. The average molecular weight is 316 g/mol. The standard InChI is InChI=1S/C14H18FN3O2.ClH/c1-9(19)17-11-2-3-13(15)12(6-11)14(20)18-5-4-10(7-16)8-18;/h2-3,6,10H,4-5,7-8,16H2,1H3,(H,17,19);1H. The second-order valence-electron chi connectivity index (χ2n) is 5.02. The second-order valence-corrected chi connectivity index (χ2v) is 5.02. The number of nitrogens with one attached hydrogen (secondary N) is 1. The fourth-order valence-electron chi connectivity index (χ4n) is 2.35. The van der Waals surface area contributed by atoms with Gasteiger partial charge in [-0.05, 0) is 37.1 Å². The van der Waals surface area contributed by atoms with Crippen LogP contribution in [0.25, 0.3) is 0 Å². The van der Waals surface area contributed by atoms with Gasteiger partial charge in [-0.3, -0.25) is 9.59 Å². The van der Waals surface area contributed by atoms with E-state index in [1.165, 1.54) is 25.1 Å². The maximum atomic E-state index is 13.8. The Labute approximate surface area is 129 Å². The molecule has 21 heavy (non-hydrogen) atoms. The molecule has 3 N–H and O–H groups in total. The third-order valence-electron chi connectivity index (χ3n) is 3.42. The highest BCUT2D eigenvalue weighted by Crippen LogP contribution is 2.21. The summed E-state index contributed by atoms with van der Waals surface area (Å²) in [7, 11) is 0. The summed E-state index contributed by atoms with van der Waals surface area (Å²) in [5.41, 5.74) is 5.98. The molecule has 0 bridgehead atoms. The number of nitrogens with zero attached hydrogens (tertiary/aromatic N) is 1. The predicted octanol–water partition coefficient (Wildman–Crippen LogP) is 1.63. The van der Waals surface area contributed by atoms with E-state index in [1.54, 1.807) is 4.90 Å². The lowest BCUT2D eigenvalue weighted by Gasteiger charge is -2.17. The molecule has 0 radical (unpaired) electrons. The largest absolute Gasteiger partial charge is 0.338 e. The van der Waals surface area contributed by atoms with E-state index in [0.29, 0.717) is 25.3 Å². The fraction of sp³-hybridized carbons (Fsp3) is 0.429. The highest BCUT2D eigenvalue weighted by Gasteiger charge is 2.27. The van der Waals surface area contributed by atoms with Gasteiger partial charge in [0.25, 0.3) is 5.91 Å². The fourth-order valence-corrected chi connectivity index (χ4v) is 2.35. The summed E-state index contributed by atoms with van der Waals surface area (Å²) in [6, 6.07) is 3.99. The molecule has 0 spiro atoms. The minimum Gasteiger partial charge on any atom is -0.338 e. The molecule has 116 valence electrons. The number of carbonyl (C=O) groups excluding carboxylic acids is 2. The van der Waals surface area contributed by atoms with Crippen LogP contribution in [0.2, 0.25) is 0 Å². The molecule has 1 aliphatic heterocycles. The minimum absolute atomic E-state index is 0. The van der Waals surface area contributed by atoms with E-state index in [1.807, 2.05) is 0 Å². The molecule has 2 amide bonds. The van der Waals surface area contributed by atoms with Crippen molar-refractivity contribution < 1.29 is 14.0 Å². The highest BCUT2D eigenvalue weighted by molar-refractivity contribution is 5.97. The van der Waals surface area contributed by atoms with Crippen LogP contribution in [0.15, 0.2) is 18.2 Å². The van der Waals surface area contributed by atoms with Crippen LogP contribution in [-0.2, 0) is 4.79 Å². The highest BCUT2D eigenvalue weighted by atomic mass is 35.5. The lowest BCUT2D eigenvalue weighted by molar-refractivity contribution is -0.114. The number of nitrogens with two attached hydrogens (primary N) is 1. The van der Waals surface area contributed by atoms with Gasteiger partial charge in [-0.15, -0.1) is 12.4 Å². The minimum atomic E-state index is -0.583. The molecule has 1 saturated heterocycles. The SMILES string of the molecule is CC(=O)Nc1ccc(F)c(C(=O)N2CCC(CN)C2)c1.Cl. The average Bonchev–Trinajstić information content (AvgIpc) is 2.88. The molecule has 1 aliphatic rings. The van der Waals surface area contributed by atoms with Crippen LogP contribution in [0.5, 0.6) is 0 Å². The van der Waals surface area contributed by atoms with Gasteiger partial charge in [0.2, 0.25) is 5.91 Å². The van der Waals surface area contributed by atoms with Crippen LogP contribution in [0, 0.1) is 11.7 Å². The first-order valence-electron chi connectivity index (χ1n) is 6.57. The third-order valence-corrected chi connectivity index (χ3v) is 3.42. The predicted molar refractivity (Wildman–Crippen MR) is 81.0 cm³/mol. The lowest BCUT2D eigenvalue weighted by Crippen LogP contribution is -2.30. The Kier molecular flexibility index (Phi) is 6.11. The van der Waals surface area contributed by atoms with Crippen molar-refractivity contribution in [2.75, 3.05) is 25.0 Å². The zero-order valence-electron chi connectivity index (χ0n) is 11.8. The smallest absolute Gasteiger partial charge is 0.256 e. The molecule has 1 aromatic rings. The van der Waals surface area contributed by atoms with Gasteiger partial charge in [0, 0.05) is 25.7 Å². The number of likely N-dealkylation sites (tertiary alicyclic amines) is 1. The summed E-state index contributed by atoms with van der Waals surface area (Å²) in [6.45, 7) is 3.03. The molecule has 0 saturated carbocycles. The summed E-state index contributed by atoms with van der Waals surface area (Å²) in [5, 5.41) is 2.54. The molecule has 7 heteroatoms. The zero-order valence-corrected chi connectivity index (χ0v) is 12.6. The van der Waals surface area contributed by atoms with Crippen LogP contribution in [0.4, 0.5) is 10.1 Å². The molecule has 5 nitrogen and oxygen atoms in total. The van der Waals surface area contributed by atoms with Gasteiger partial charge in [-0.1, -0.05) is 0 Å². The Hall–Kier alpha value is -1.66. The molecule has 1 heterocycles. The van der Waals surface area contributed by atoms with Crippen molar-refractivity contribution in [1.82, 2.24) is 4.90 Å². The number of rotatable bonds is 3. The number of halogens is 2. The van der Waals surface area contributed by atoms with Crippen molar-refractivity contribution >= 4 is 29.9 Å². The summed E-state index contributed by atoms with van der Waals surface area (Å²) in [5.74, 6) is -0.925. The van der Waals surface area contributed by atoms with E-state index >= 15 is 0 Å². The molecule has 2 rings (SSSR count). The molecule has 1 atom stereocenters. The van der Waals surface area contributed by atoms with Crippen molar-refractivity contribution in [2.45, 2.75) is 13.3 Å². The third kappa shape index (κ3) is 4.15. The van der Waals surface area contributed by atoms with Gasteiger partial charge in [-0.25, -0.2) is 4.39 Å². The summed E-state index contributed by atoms with van der Waals surface area (Å²) < 4.78 is 13.8. The number of hydrogen-bond acceptors (Lipinski definition) is 3. The topological polar surface area (TPSA) is 75.4 Å². The van der Waals surface area contributed by atoms with Crippen molar-refractivity contribution in [3.63, 3.8) is 0 Å². The first kappa shape index (κ1) is 17.4.